The molecule has 0 aliphatic rings. The van der Waals surface area contributed by atoms with E-state index in [2.05, 4.69) is 36.1 Å². The average molecular weight is 380 g/mol. The smallest absolute Gasteiger partial charge is 0.295 e. The van der Waals surface area contributed by atoms with E-state index in [0.717, 1.165) is 6.07 Å². The molecule has 138 valence electrons. The van der Waals surface area contributed by atoms with Crippen LogP contribution in [0.1, 0.15) is 29.7 Å². The highest BCUT2D eigenvalue weighted by Crippen LogP contribution is 2.31. The Kier molecular flexibility index (Phi) is 6.32. The van der Waals surface area contributed by atoms with Crippen LogP contribution in [0.4, 0.5) is 13.2 Å². The molecule has 3 aromatic rings. The van der Waals surface area contributed by atoms with Crippen molar-refractivity contribution in [3.8, 4) is 0 Å². The lowest BCUT2D eigenvalue weighted by molar-refractivity contribution is -0.137. The van der Waals surface area contributed by atoms with Crippen LogP contribution in [-0.4, -0.2) is 11.9 Å². The van der Waals surface area contributed by atoms with Crippen molar-refractivity contribution in [2.45, 2.75) is 25.7 Å². The molecule has 0 aliphatic heterocycles. The van der Waals surface area contributed by atoms with Gasteiger partial charge in [0.25, 0.3) is 0 Å². The summed E-state index contributed by atoms with van der Waals surface area (Å²) in [6, 6.07) is 20.0. The summed E-state index contributed by atoms with van der Waals surface area (Å²) in [4.78, 5) is 2.07. The van der Waals surface area contributed by atoms with Crippen LogP contribution in [0.15, 0.2) is 66.7 Å². The van der Waals surface area contributed by atoms with Gasteiger partial charge < -0.3 is 0 Å². The molecule has 26 heavy (non-hydrogen) atoms. The maximum Gasteiger partial charge on any atom is 0.416 e. The van der Waals surface area contributed by atoms with Crippen molar-refractivity contribution < 1.29 is 13.2 Å². The van der Waals surface area contributed by atoms with Gasteiger partial charge in [-0.15, -0.1) is 12.4 Å². The van der Waals surface area contributed by atoms with Gasteiger partial charge in [0.2, 0.25) is 0 Å². The zero-order chi connectivity index (χ0) is 18.0. The van der Waals surface area contributed by atoms with Crippen molar-refractivity contribution >= 4 is 23.2 Å². The van der Waals surface area contributed by atoms with E-state index in [1.807, 2.05) is 25.2 Å². The molecule has 0 aromatic heterocycles. The standard InChI is InChI=1S/C21H20F3N.ClH/c1-15(19-12-6-9-17-8-3-4-11-20(17)19)25(2)14-16-7-5-10-18(13-16)21(22,23)24;/h3-13,15H,14H2,1-2H3;1H/t15-;/m1./s1. The third-order valence-electron chi connectivity index (χ3n) is 4.62. The van der Waals surface area contributed by atoms with E-state index in [4.69, 9.17) is 0 Å². The minimum atomic E-state index is -4.31. The quantitative estimate of drug-likeness (QED) is 0.502. The fraction of sp³-hybridized carbons (Fsp3) is 0.238. The van der Waals surface area contributed by atoms with Gasteiger partial charge in [-0.05, 0) is 41.9 Å². The third kappa shape index (κ3) is 4.37. The summed E-state index contributed by atoms with van der Waals surface area (Å²) in [6.45, 7) is 2.53. The average Bonchev–Trinajstić information content (AvgIpc) is 2.60. The Balaban J connectivity index is 0.00000243. The molecule has 0 saturated carbocycles. The Morgan fingerprint density at radius 3 is 2.31 bits per heavy atom. The van der Waals surface area contributed by atoms with Gasteiger partial charge in [0.15, 0.2) is 0 Å². The topological polar surface area (TPSA) is 3.24 Å². The first kappa shape index (κ1) is 20.3. The Morgan fingerprint density at radius 2 is 1.58 bits per heavy atom. The van der Waals surface area contributed by atoms with E-state index in [1.54, 1.807) is 6.07 Å². The molecule has 0 spiro atoms. The van der Waals surface area contributed by atoms with Gasteiger partial charge in [-0.3, -0.25) is 4.90 Å². The molecular formula is C21H21ClF3N. The van der Waals surface area contributed by atoms with Crippen LogP contribution in [0.5, 0.6) is 0 Å². The van der Waals surface area contributed by atoms with Crippen molar-refractivity contribution in [3.05, 3.63) is 83.4 Å². The second-order valence-corrected chi connectivity index (χ2v) is 6.36. The molecule has 0 saturated heterocycles. The minimum Gasteiger partial charge on any atom is -0.295 e. The number of alkyl halides is 3. The highest BCUT2D eigenvalue weighted by Gasteiger charge is 2.30. The Hall–Kier alpha value is -2.04. The van der Waals surface area contributed by atoms with E-state index >= 15 is 0 Å². The van der Waals surface area contributed by atoms with Crippen molar-refractivity contribution in [3.63, 3.8) is 0 Å². The van der Waals surface area contributed by atoms with Gasteiger partial charge in [0.1, 0.15) is 0 Å². The summed E-state index contributed by atoms with van der Waals surface area (Å²) in [7, 11) is 1.94. The molecule has 3 rings (SSSR count). The third-order valence-corrected chi connectivity index (χ3v) is 4.62. The molecule has 0 N–H and O–H groups in total. The number of benzene rings is 3. The lowest BCUT2D eigenvalue weighted by atomic mass is 9.98. The summed E-state index contributed by atoms with van der Waals surface area (Å²) in [5.74, 6) is 0. The van der Waals surface area contributed by atoms with Crippen molar-refractivity contribution in [1.82, 2.24) is 4.90 Å². The fourth-order valence-corrected chi connectivity index (χ4v) is 3.12. The van der Waals surface area contributed by atoms with Crippen LogP contribution in [-0.2, 0) is 12.7 Å². The molecule has 0 unspecified atom stereocenters. The Labute approximate surface area is 157 Å². The van der Waals surface area contributed by atoms with Crippen LogP contribution < -0.4 is 0 Å². The maximum atomic E-state index is 12.9. The summed E-state index contributed by atoms with van der Waals surface area (Å²) >= 11 is 0. The molecule has 0 aliphatic carbocycles. The first-order valence-electron chi connectivity index (χ1n) is 8.20. The second-order valence-electron chi connectivity index (χ2n) is 6.36. The van der Waals surface area contributed by atoms with Gasteiger partial charge >= 0.3 is 6.18 Å². The van der Waals surface area contributed by atoms with Crippen molar-refractivity contribution in [2.75, 3.05) is 7.05 Å². The van der Waals surface area contributed by atoms with Crippen LogP contribution in [0.3, 0.4) is 0 Å². The van der Waals surface area contributed by atoms with Crippen LogP contribution in [0.2, 0.25) is 0 Å². The number of hydrogen-bond donors (Lipinski definition) is 0. The fourth-order valence-electron chi connectivity index (χ4n) is 3.12. The van der Waals surface area contributed by atoms with Crippen molar-refractivity contribution in [1.29, 1.82) is 0 Å². The Bertz CT molecular complexity index is 871. The summed E-state index contributed by atoms with van der Waals surface area (Å²) in [5, 5.41) is 2.34. The molecular weight excluding hydrogens is 359 g/mol. The number of rotatable bonds is 4. The van der Waals surface area contributed by atoms with Crippen molar-refractivity contribution in [2.24, 2.45) is 0 Å². The largest absolute Gasteiger partial charge is 0.416 e. The van der Waals surface area contributed by atoms with Gasteiger partial charge in [0, 0.05) is 12.6 Å². The summed E-state index contributed by atoms with van der Waals surface area (Å²) in [5.41, 5.74) is 1.23. The maximum absolute atomic E-state index is 12.9. The molecule has 3 aromatic carbocycles. The van der Waals surface area contributed by atoms with Crippen LogP contribution in [0, 0.1) is 0 Å². The first-order valence-corrected chi connectivity index (χ1v) is 8.20. The van der Waals surface area contributed by atoms with E-state index < -0.39 is 11.7 Å². The molecule has 5 heteroatoms. The molecule has 1 nitrogen and oxygen atoms in total. The predicted octanol–water partition coefficient (Wildman–Crippen LogP) is 6.47. The lowest BCUT2D eigenvalue weighted by Crippen LogP contribution is -2.22. The van der Waals surface area contributed by atoms with Gasteiger partial charge in [0.05, 0.1) is 5.56 Å². The van der Waals surface area contributed by atoms with Gasteiger partial charge in [-0.25, -0.2) is 0 Å². The number of halogens is 4. The van der Waals surface area contributed by atoms with Crippen LogP contribution >= 0.6 is 12.4 Å². The predicted molar refractivity (Wildman–Crippen MR) is 103 cm³/mol. The normalized spacial score (nSPS) is 12.8. The van der Waals surface area contributed by atoms with Gasteiger partial charge in [-0.2, -0.15) is 13.2 Å². The number of nitrogens with zero attached hydrogens (tertiary/aromatic N) is 1. The highest BCUT2D eigenvalue weighted by atomic mass is 35.5. The molecule has 0 fully saturated rings. The zero-order valence-electron chi connectivity index (χ0n) is 14.6. The second kappa shape index (κ2) is 8.11. The summed E-state index contributed by atoms with van der Waals surface area (Å²) < 4.78 is 38.7. The minimum absolute atomic E-state index is 0. The van der Waals surface area contributed by atoms with Crippen LogP contribution in [0.25, 0.3) is 10.8 Å². The van der Waals surface area contributed by atoms with E-state index in [9.17, 15) is 13.2 Å². The lowest BCUT2D eigenvalue weighted by Gasteiger charge is -2.26. The van der Waals surface area contributed by atoms with E-state index in [0.29, 0.717) is 12.1 Å². The molecule has 0 heterocycles. The molecule has 1 atom stereocenters. The Morgan fingerprint density at radius 1 is 0.923 bits per heavy atom. The SMILES string of the molecule is C[C@H](c1cccc2ccccc12)N(C)Cc1cccc(C(F)(F)F)c1.Cl. The molecule has 0 radical (unpaired) electrons. The van der Waals surface area contributed by atoms with E-state index in [1.165, 1.54) is 28.5 Å². The molecule has 0 bridgehead atoms. The first-order chi connectivity index (χ1) is 11.9. The van der Waals surface area contributed by atoms with E-state index in [-0.39, 0.29) is 18.4 Å². The summed E-state index contributed by atoms with van der Waals surface area (Å²) in [6.07, 6.45) is -4.31. The monoisotopic (exact) mass is 379 g/mol. The zero-order valence-corrected chi connectivity index (χ0v) is 15.4. The highest BCUT2D eigenvalue weighted by molar-refractivity contribution is 5.86. The molecule has 0 amide bonds. The van der Waals surface area contributed by atoms with Gasteiger partial charge in [-0.1, -0.05) is 60.7 Å². The number of hydrogen-bond acceptors (Lipinski definition) is 1. The number of fused-ring (bicyclic) bond motifs is 1.